The summed E-state index contributed by atoms with van der Waals surface area (Å²) in [5.41, 5.74) is 0. The SMILES string of the molecule is O=C(NCC1CCCOC1)c1cnns1. The summed E-state index contributed by atoms with van der Waals surface area (Å²) in [6.07, 6.45) is 3.70. The summed E-state index contributed by atoms with van der Waals surface area (Å²) in [4.78, 5) is 12.1. The average molecular weight is 227 g/mol. The van der Waals surface area contributed by atoms with Gasteiger partial charge in [0, 0.05) is 13.2 Å². The molecule has 0 bridgehead atoms. The van der Waals surface area contributed by atoms with Crippen molar-refractivity contribution in [3.8, 4) is 0 Å². The molecule has 82 valence electrons. The van der Waals surface area contributed by atoms with Crippen molar-refractivity contribution in [2.45, 2.75) is 12.8 Å². The first kappa shape index (κ1) is 10.5. The first-order chi connectivity index (χ1) is 7.36. The van der Waals surface area contributed by atoms with Crippen LogP contribution < -0.4 is 5.32 Å². The molecule has 2 heterocycles. The van der Waals surface area contributed by atoms with E-state index in [1.165, 1.54) is 6.20 Å². The van der Waals surface area contributed by atoms with Gasteiger partial charge < -0.3 is 10.1 Å². The lowest BCUT2D eigenvalue weighted by molar-refractivity contribution is 0.0536. The maximum Gasteiger partial charge on any atom is 0.264 e. The van der Waals surface area contributed by atoms with Crippen molar-refractivity contribution in [1.29, 1.82) is 0 Å². The van der Waals surface area contributed by atoms with Gasteiger partial charge in [0.1, 0.15) is 4.88 Å². The van der Waals surface area contributed by atoms with Crippen LogP contribution >= 0.6 is 11.5 Å². The van der Waals surface area contributed by atoms with Crippen molar-refractivity contribution in [2.24, 2.45) is 5.92 Å². The fourth-order valence-electron chi connectivity index (χ4n) is 1.56. The lowest BCUT2D eigenvalue weighted by Gasteiger charge is -2.21. The number of hydrogen-bond acceptors (Lipinski definition) is 5. The van der Waals surface area contributed by atoms with Crippen LogP contribution in [0.2, 0.25) is 0 Å². The fraction of sp³-hybridized carbons (Fsp3) is 0.667. The predicted octanol–water partition coefficient (Wildman–Crippen LogP) is 0.694. The fourth-order valence-corrected chi connectivity index (χ4v) is 1.99. The predicted molar refractivity (Wildman–Crippen MR) is 55.8 cm³/mol. The molecule has 1 aromatic heterocycles. The molecule has 0 aliphatic carbocycles. The Kier molecular flexibility index (Phi) is 3.63. The van der Waals surface area contributed by atoms with E-state index in [9.17, 15) is 4.79 Å². The Hall–Kier alpha value is -1.01. The lowest BCUT2D eigenvalue weighted by atomic mass is 10.0. The summed E-state index contributed by atoms with van der Waals surface area (Å²) >= 11 is 1.11. The van der Waals surface area contributed by atoms with E-state index in [0.717, 1.165) is 37.6 Å². The summed E-state index contributed by atoms with van der Waals surface area (Å²) in [5.74, 6) is 0.360. The maximum absolute atomic E-state index is 11.5. The van der Waals surface area contributed by atoms with Crippen LogP contribution in [0.3, 0.4) is 0 Å². The van der Waals surface area contributed by atoms with Crippen molar-refractivity contribution in [3.05, 3.63) is 11.1 Å². The highest BCUT2D eigenvalue weighted by molar-refractivity contribution is 7.07. The van der Waals surface area contributed by atoms with Gasteiger partial charge >= 0.3 is 0 Å². The largest absolute Gasteiger partial charge is 0.381 e. The minimum absolute atomic E-state index is 0.0874. The smallest absolute Gasteiger partial charge is 0.264 e. The summed E-state index contributed by atoms with van der Waals surface area (Å²) in [6.45, 7) is 2.28. The first-order valence-corrected chi connectivity index (χ1v) is 5.77. The molecule has 2 rings (SSSR count). The molecule has 1 unspecified atom stereocenters. The van der Waals surface area contributed by atoms with Gasteiger partial charge in [-0.1, -0.05) is 4.49 Å². The Morgan fingerprint density at radius 2 is 2.67 bits per heavy atom. The molecule has 0 saturated carbocycles. The van der Waals surface area contributed by atoms with Gasteiger partial charge in [0.2, 0.25) is 0 Å². The molecule has 0 aromatic carbocycles. The number of rotatable bonds is 3. The van der Waals surface area contributed by atoms with Gasteiger partial charge in [-0.25, -0.2) is 0 Å². The maximum atomic E-state index is 11.5. The second kappa shape index (κ2) is 5.18. The molecule has 0 spiro atoms. The van der Waals surface area contributed by atoms with Gasteiger partial charge in [0.05, 0.1) is 12.8 Å². The van der Waals surface area contributed by atoms with Crippen LogP contribution in [0.25, 0.3) is 0 Å². The van der Waals surface area contributed by atoms with Gasteiger partial charge in [0.15, 0.2) is 0 Å². The van der Waals surface area contributed by atoms with Crippen LogP contribution in [0, 0.1) is 5.92 Å². The third kappa shape index (κ3) is 2.97. The van der Waals surface area contributed by atoms with E-state index in [-0.39, 0.29) is 5.91 Å². The Bertz CT molecular complexity index is 309. The highest BCUT2D eigenvalue weighted by Crippen LogP contribution is 2.12. The summed E-state index contributed by atoms with van der Waals surface area (Å²) < 4.78 is 8.98. The number of carbonyl (C=O) groups is 1. The van der Waals surface area contributed by atoms with E-state index in [1.807, 2.05) is 0 Å². The van der Waals surface area contributed by atoms with Crippen LogP contribution in [0.5, 0.6) is 0 Å². The number of aromatic nitrogens is 2. The van der Waals surface area contributed by atoms with E-state index in [4.69, 9.17) is 4.74 Å². The zero-order chi connectivity index (χ0) is 10.5. The molecule has 1 aromatic rings. The third-order valence-electron chi connectivity index (χ3n) is 2.39. The number of hydrogen-bond donors (Lipinski definition) is 1. The Balaban J connectivity index is 1.75. The second-order valence-electron chi connectivity index (χ2n) is 3.57. The minimum atomic E-state index is -0.0874. The highest BCUT2D eigenvalue weighted by atomic mass is 32.1. The van der Waals surface area contributed by atoms with E-state index in [0.29, 0.717) is 17.3 Å². The molecule has 0 radical (unpaired) electrons. The van der Waals surface area contributed by atoms with Crippen LogP contribution in [0.4, 0.5) is 0 Å². The van der Waals surface area contributed by atoms with Crippen molar-refractivity contribution >= 4 is 17.4 Å². The molecule has 1 aliphatic heterocycles. The quantitative estimate of drug-likeness (QED) is 0.825. The summed E-state index contributed by atoms with van der Waals surface area (Å²) in [6, 6.07) is 0. The monoisotopic (exact) mass is 227 g/mol. The van der Waals surface area contributed by atoms with Crippen LogP contribution in [-0.4, -0.2) is 35.3 Å². The minimum Gasteiger partial charge on any atom is -0.381 e. The Morgan fingerprint density at radius 1 is 1.73 bits per heavy atom. The molecule has 1 fully saturated rings. The van der Waals surface area contributed by atoms with Crippen molar-refractivity contribution in [2.75, 3.05) is 19.8 Å². The molecule has 15 heavy (non-hydrogen) atoms. The summed E-state index contributed by atoms with van der Waals surface area (Å²) in [7, 11) is 0. The van der Waals surface area contributed by atoms with Gasteiger partial charge in [0.25, 0.3) is 5.91 Å². The second-order valence-corrected chi connectivity index (χ2v) is 4.36. The molecule has 1 N–H and O–H groups in total. The van der Waals surface area contributed by atoms with Crippen LogP contribution in [-0.2, 0) is 4.74 Å². The van der Waals surface area contributed by atoms with Crippen LogP contribution in [0.15, 0.2) is 6.20 Å². The average Bonchev–Trinajstić information content (AvgIpc) is 2.81. The normalized spacial score (nSPS) is 21.2. The standard InChI is InChI=1S/C9H13N3O2S/c13-9(8-5-11-12-15-8)10-4-7-2-1-3-14-6-7/h5,7H,1-4,6H2,(H,10,13). The van der Waals surface area contributed by atoms with Gasteiger partial charge in [-0.15, -0.1) is 5.10 Å². The van der Waals surface area contributed by atoms with E-state index in [2.05, 4.69) is 14.9 Å². The van der Waals surface area contributed by atoms with Gasteiger partial charge in [-0.05, 0) is 30.3 Å². The van der Waals surface area contributed by atoms with Crippen molar-refractivity contribution in [3.63, 3.8) is 0 Å². The number of nitrogens with one attached hydrogen (secondary N) is 1. The Morgan fingerprint density at radius 3 is 3.33 bits per heavy atom. The topological polar surface area (TPSA) is 64.1 Å². The van der Waals surface area contributed by atoms with E-state index in [1.54, 1.807) is 0 Å². The number of amides is 1. The number of nitrogens with zero attached hydrogens (tertiary/aromatic N) is 2. The molecule has 6 heteroatoms. The zero-order valence-electron chi connectivity index (χ0n) is 8.31. The Labute approximate surface area is 92.0 Å². The molecule has 1 saturated heterocycles. The van der Waals surface area contributed by atoms with E-state index < -0.39 is 0 Å². The first-order valence-electron chi connectivity index (χ1n) is 4.99. The van der Waals surface area contributed by atoms with Gasteiger partial charge in [-0.2, -0.15) is 0 Å². The molecule has 1 atom stereocenters. The lowest BCUT2D eigenvalue weighted by Crippen LogP contribution is -2.32. The molecule has 1 aliphatic rings. The third-order valence-corrected chi connectivity index (χ3v) is 3.05. The van der Waals surface area contributed by atoms with Crippen molar-refractivity contribution < 1.29 is 9.53 Å². The number of ether oxygens (including phenoxy) is 1. The summed E-state index contributed by atoms with van der Waals surface area (Å²) in [5, 5.41) is 6.49. The van der Waals surface area contributed by atoms with Crippen LogP contribution in [0.1, 0.15) is 22.5 Å². The van der Waals surface area contributed by atoms with Gasteiger partial charge in [-0.3, -0.25) is 4.79 Å². The zero-order valence-corrected chi connectivity index (χ0v) is 9.13. The molecule has 1 amide bonds. The molecular weight excluding hydrogens is 214 g/mol. The number of carbonyl (C=O) groups excluding carboxylic acids is 1. The highest BCUT2D eigenvalue weighted by Gasteiger charge is 2.15. The molecular formula is C9H13N3O2S. The molecule has 5 nitrogen and oxygen atoms in total. The van der Waals surface area contributed by atoms with E-state index >= 15 is 0 Å². The van der Waals surface area contributed by atoms with Crippen molar-refractivity contribution in [1.82, 2.24) is 14.9 Å².